The van der Waals surface area contributed by atoms with Crippen LogP contribution in [0.5, 0.6) is 17.2 Å². The fraction of sp³-hybridized carbons (Fsp3) is 0.333. The van der Waals surface area contributed by atoms with E-state index < -0.39 is 0 Å². The van der Waals surface area contributed by atoms with E-state index in [-0.39, 0.29) is 0 Å². The van der Waals surface area contributed by atoms with E-state index in [1.54, 1.807) is 7.11 Å². The Morgan fingerprint density at radius 2 is 1.58 bits per heavy atom. The molecule has 0 amide bonds. The van der Waals surface area contributed by atoms with Crippen molar-refractivity contribution in [1.29, 1.82) is 0 Å². The Labute approximate surface area is 208 Å². The van der Waals surface area contributed by atoms with Crippen molar-refractivity contribution >= 4 is 90.4 Å². The molecule has 1 atom stereocenters. The molecule has 0 spiro atoms. The quantitative estimate of drug-likeness (QED) is 0.333. The lowest BCUT2D eigenvalue weighted by Gasteiger charge is -2.18. The van der Waals surface area contributed by atoms with Crippen LogP contribution in [0.2, 0.25) is 0 Å². The molecule has 0 aliphatic rings. The van der Waals surface area contributed by atoms with Crippen molar-refractivity contribution in [3.8, 4) is 17.2 Å². The fourth-order valence-electron chi connectivity index (χ4n) is 2.51. The standard InChI is InChI=1S/C18H19I4NO3/c1-3-23-11(9-25-2)4-10-5-15(21)18(16(22)6-10)26-12-7-13(19)17(24)14(20)8-12/h5-8,11,23-24H,3-4,9H2,1-2H3. The predicted octanol–water partition coefficient (Wildman–Crippen LogP) is 5.77. The normalized spacial score (nSPS) is 12.2. The minimum atomic E-state index is 0.295. The van der Waals surface area contributed by atoms with Crippen molar-refractivity contribution in [3.05, 3.63) is 44.1 Å². The molecule has 0 aliphatic heterocycles. The molecule has 0 saturated heterocycles. The summed E-state index contributed by atoms with van der Waals surface area (Å²) in [5, 5.41) is 13.4. The van der Waals surface area contributed by atoms with Crippen molar-refractivity contribution in [2.24, 2.45) is 0 Å². The summed E-state index contributed by atoms with van der Waals surface area (Å²) in [7, 11) is 1.73. The van der Waals surface area contributed by atoms with Crippen LogP contribution >= 0.6 is 90.4 Å². The van der Waals surface area contributed by atoms with Gasteiger partial charge in [-0.05, 0) is 133 Å². The van der Waals surface area contributed by atoms with Crippen LogP contribution in [0.15, 0.2) is 24.3 Å². The molecular formula is C18H19I4NO3. The van der Waals surface area contributed by atoms with E-state index in [9.17, 15) is 5.11 Å². The summed E-state index contributed by atoms with van der Waals surface area (Å²) in [5.41, 5.74) is 1.25. The van der Waals surface area contributed by atoms with Crippen LogP contribution in [-0.2, 0) is 11.2 Å². The van der Waals surface area contributed by atoms with Gasteiger partial charge in [0.05, 0.1) is 20.9 Å². The second kappa shape index (κ2) is 11.2. The summed E-state index contributed by atoms with van der Waals surface area (Å²) in [5.74, 6) is 1.87. The van der Waals surface area contributed by atoms with Gasteiger partial charge >= 0.3 is 0 Å². The number of benzene rings is 2. The molecule has 4 nitrogen and oxygen atoms in total. The second-order valence-corrected chi connectivity index (χ2v) is 10.3. The number of methoxy groups -OCH3 is 1. The molecule has 1 unspecified atom stereocenters. The summed E-state index contributed by atoms with van der Waals surface area (Å²) in [6, 6.07) is 8.31. The Bertz CT molecular complexity index is 718. The van der Waals surface area contributed by atoms with Gasteiger partial charge in [0.25, 0.3) is 0 Å². The average Bonchev–Trinajstić information content (AvgIpc) is 2.56. The van der Waals surface area contributed by atoms with Crippen LogP contribution < -0.4 is 10.1 Å². The van der Waals surface area contributed by atoms with Crippen molar-refractivity contribution in [1.82, 2.24) is 5.32 Å². The topological polar surface area (TPSA) is 50.7 Å². The van der Waals surface area contributed by atoms with Gasteiger partial charge < -0.3 is 19.9 Å². The zero-order valence-corrected chi connectivity index (χ0v) is 22.9. The Morgan fingerprint density at radius 3 is 2.08 bits per heavy atom. The van der Waals surface area contributed by atoms with Crippen LogP contribution in [0, 0.1) is 14.3 Å². The average molecular weight is 805 g/mol. The molecule has 0 radical (unpaired) electrons. The van der Waals surface area contributed by atoms with E-state index >= 15 is 0 Å². The number of phenols is 1. The lowest BCUT2D eigenvalue weighted by molar-refractivity contribution is 0.167. The first-order valence-corrected chi connectivity index (χ1v) is 12.2. The highest BCUT2D eigenvalue weighted by Crippen LogP contribution is 2.36. The van der Waals surface area contributed by atoms with Crippen LogP contribution in [0.4, 0.5) is 0 Å². The largest absolute Gasteiger partial charge is 0.506 e. The van der Waals surface area contributed by atoms with E-state index in [1.165, 1.54) is 5.56 Å². The number of ether oxygens (including phenoxy) is 2. The third-order valence-corrected chi connectivity index (χ3v) is 6.86. The Balaban J connectivity index is 2.24. The number of aromatic hydroxyl groups is 1. The number of halogens is 4. The van der Waals surface area contributed by atoms with Gasteiger partial charge in [-0.15, -0.1) is 0 Å². The zero-order valence-electron chi connectivity index (χ0n) is 14.3. The van der Waals surface area contributed by atoms with Gasteiger partial charge in [-0.2, -0.15) is 0 Å². The number of hydrogen-bond acceptors (Lipinski definition) is 4. The van der Waals surface area contributed by atoms with E-state index in [0.29, 0.717) is 18.4 Å². The second-order valence-electron chi connectivity index (χ2n) is 5.64. The molecule has 0 aromatic heterocycles. The van der Waals surface area contributed by atoms with Gasteiger partial charge in [-0.25, -0.2) is 0 Å². The Kier molecular flexibility index (Phi) is 9.95. The van der Waals surface area contributed by atoms with Gasteiger partial charge in [-0.3, -0.25) is 0 Å². The van der Waals surface area contributed by atoms with Gasteiger partial charge in [0.1, 0.15) is 11.5 Å². The maximum atomic E-state index is 9.92. The first-order valence-electron chi connectivity index (χ1n) is 7.91. The lowest BCUT2D eigenvalue weighted by atomic mass is 10.1. The molecule has 2 aromatic rings. The molecular weight excluding hydrogens is 786 g/mol. The number of rotatable bonds is 8. The number of likely N-dealkylation sites (N-methyl/N-ethyl adjacent to an activating group) is 1. The van der Waals surface area contributed by atoms with Crippen molar-refractivity contribution in [2.45, 2.75) is 19.4 Å². The third kappa shape index (κ3) is 6.46. The van der Waals surface area contributed by atoms with Crippen molar-refractivity contribution < 1.29 is 14.6 Å². The molecule has 2 aromatic carbocycles. The molecule has 0 fully saturated rings. The summed E-state index contributed by atoms with van der Waals surface area (Å²) < 4.78 is 15.1. The van der Waals surface area contributed by atoms with Gasteiger partial charge in [0.2, 0.25) is 0 Å². The molecule has 0 saturated carbocycles. The maximum Gasteiger partial charge on any atom is 0.154 e. The monoisotopic (exact) mass is 805 g/mol. The van der Waals surface area contributed by atoms with Crippen LogP contribution in [0.1, 0.15) is 12.5 Å². The smallest absolute Gasteiger partial charge is 0.154 e. The molecule has 142 valence electrons. The van der Waals surface area contributed by atoms with E-state index in [0.717, 1.165) is 38.7 Å². The highest BCUT2D eigenvalue weighted by Gasteiger charge is 2.15. The lowest BCUT2D eigenvalue weighted by Crippen LogP contribution is -2.35. The molecule has 2 rings (SSSR count). The molecule has 2 N–H and O–H groups in total. The number of phenolic OH excluding ortho intramolecular Hbond substituents is 1. The highest BCUT2D eigenvalue weighted by atomic mass is 127. The summed E-state index contributed by atoms with van der Waals surface area (Å²) in [6.07, 6.45) is 0.906. The van der Waals surface area contributed by atoms with Crippen LogP contribution in [0.25, 0.3) is 0 Å². The summed E-state index contributed by atoms with van der Waals surface area (Å²) in [4.78, 5) is 0. The minimum Gasteiger partial charge on any atom is -0.506 e. The van der Waals surface area contributed by atoms with Gasteiger partial charge in [-0.1, -0.05) is 6.92 Å². The van der Waals surface area contributed by atoms with Crippen LogP contribution in [-0.4, -0.2) is 31.4 Å². The summed E-state index contributed by atoms with van der Waals surface area (Å²) >= 11 is 8.86. The number of hydrogen-bond donors (Lipinski definition) is 2. The van der Waals surface area contributed by atoms with Gasteiger partial charge in [0.15, 0.2) is 5.75 Å². The number of nitrogens with one attached hydrogen (secondary N) is 1. The van der Waals surface area contributed by atoms with E-state index in [1.807, 2.05) is 12.1 Å². The first-order chi connectivity index (χ1) is 12.3. The maximum absolute atomic E-state index is 9.92. The molecule has 0 heterocycles. The van der Waals surface area contributed by atoms with Crippen molar-refractivity contribution in [3.63, 3.8) is 0 Å². The minimum absolute atomic E-state index is 0.295. The van der Waals surface area contributed by atoms with Crippen LogP contribution in [0.3, 0.4) is 0 Å². The predicted molar refractivity (Wildman–Crippen MR) is 139 cm³/mol. The van der Waals surface area contributed by atoms with E-state index in [4.69, 9.17) is 9.47 Å². The molecule has 8 heteroatoms. The molecule has 26 heavy (non-hydrogen) atoms. The Morgan fingerprint density at radius 1 is 1.00 bits per heavy atom. The Hall–Kier alpha value is 0.880. The summed E-state index contributed by atoms with van der Waals surface area (Å²) in [6.45, 7) is 3.71. The SMILES string of the molecule is CCNC(COC)Cc1cc(I)c(Oc2cc(I)c(O)c(I)c2)c(I)c1. The zero-order chi connectivity index (χ0) is 19.3. The molecule has 0 bridgehead atoms. The fourth-order valence-corrected chi connectivity index (χ4v) is 6.34. The third-order valence-electron chi connectivity index (χ3n) is 3.61. The van der Waals surface area contributed by atoms with Gasteiger partial charge in [0, 0.05) is 13.2 Å². The molecule has 0 aliphatic carbocycles. The van der Waals surface area contributed by atoms with E-state index in [2.05, 4.69) is 115 Å². The van der Waals surface area contributed by atoms with Crippen molar-refractivity contribution in [2.75, 3.05) is 20.3 Å². The first kappa shape index (κ1) is 23.2. The highest BCUT2D eigenvalue weighted by molar-refractivity contribution is 14.1.